The fraction of sp³-hybridized carbons (Fsp3) is 0.909. The summed E-state index contributed by atoms with van der Waals surface area (Å²) in [6.45, 7) is 5.42. The summed E-state index contributed by atoms with van der Waals surface area (Å²) in [4.78, 5) is 13.6. The molecule has 0 aromatic rings. The molecular weight excluding hydrogens is 210 g/mol. The summed E-state index contributed by atoms with van der Waals surface area (Å²) < 4.78 is 0. The van der Waals surface area contributed by atoms with Gasteiger partial charge in [-0.1, -0.05) is 13.8 Å². The van der Waals surface area contributed by atoms with Gasteiger partial charge in [0, 0.05) is 24.8 Å². The Morgan fingerprint density at radius 1 is 1.67 bits per heavy atom. The molecule has 1 saturated heterocycles. The Kier molecular flexibility index (Phi) is 4.93. The van der Waals surface area contributed by atoms with Crippen LogP contribution in [0.4, 0.5) is 0 Å². The van der Waals surface area contributed by atoms with Crippen LogP contribution in [-0.4, -0.2) is 46.6 Å². The van der Waals surface area contributed by atoms with Crippen LogP contribution in [-0.2, 0) is 4.79 Å². The number of piperidine rings is 1. The molecule has 4 heteroatoms. The van der Waals surface area contributed by atoms with Crippen molar-refractivity contribution in [2.45, 2.75) is 38.0 Å². The summed E-state index contributed by atoms with van der Waals surface area (Å²) in [5.74, 6) is 0.509. The van der Waals surface area contributed by atoms with E-state index in [1.54, 1.807) is 16.7 Å². The van der Waals surface area contributed by atoms with Crippen molar-refractivity contribution in [2.24, 2.45) is 5.92 Å². The number of amides is 1. The first-order valence-corrected chi connectivity index (χ1v) is 6.82. The highest BCUT2D eigenvalue weighted by Crippen LogP contribution is 2.19. The van der Waals surface area contributed by atoms with E-state index in [1.807, 2.05) is 13.2 Å². The Labute approximate surface area is 96.2 Å². The lowest BCUT2D eigenvalue weighted by Crippen LogP contribution is -2.46. The molecule has 1 fully saturated rings. The summed E-state index contributed by atoms with van der Waals surface area (Å²) in [6.07, 6.45) is 3.18. The highest BCUT2D eigenvalue weighted by atomic mass is 32.2. The van der Waals surface area contributed by atoms with E-state index in [1.165, 1.54) is 0 Å². The van der Waals surface area contributed by atoms with E-state index >= 15 is 0 Å². The van der Waals surface area contributed by atoms with E-state index in [-0.39, 0.29) is 12.0 Å². The first-order chi connectivity index (χ1) is 7.04. The smallest absolute Gasteiger partial charge is 0.223 e. The predicted octanol–water partition coefficient (Wildman–Crippen LogP) is 1.36. The third-order valence-corrected chi connectivity index (χ3v) is 4.11. The molecule has 1 N–H and O–H groups in total. The Balaban J connectivity index is 2.40. The molecule has 0 saturated carbocycles. The van der Waals surface area contributed by atoms with Crippen molar-refractivity contribution in [3.8, 4) is 0 Å². The fourth-order valence-corrected chi connectivity index (χ4v) is 2.04. The number of likely N-dealkylation sites (tertiary alicyclic amines) is 1. The number of carbonyl (C=O) groups is 1. The second-order valence-corrected chi connectivity index (χ2v) is 5.70. The number of aliphatic hydroxyl groups excluding tert-OH is 1. The van der Waals surface area contributed by atoms with Gasteiger partial charge in [0.1, 0.15) is 0 Å². The summed E-state index contributed by atoms with van der Waals surface area (Å²) in [5, 5.41) is 10.1. The zero-order chi connectivity index (χ0) is 11.4. The number of β-amino-alcohol motifs (C(OH)–C–C–N with tert-alkyl or cyclic N) is 1. The third-order valence-electron chi connectivity index (χ3n) is 3.14. The van der Waals surface area contributed by atoms with Gasteiger partial charge in [-0.2, -0.15) is 11.8 Å². The van der Waals surface area contributed by atoms with Crippen LogP contribution in [0.5, 0.6) is 0 Å². The van der Waals surface area contributed by atoms with E-state index in [4.69, 9.17) is 0 Å². The van der Waals surface area contributed by atoms with Crippen LogP contribution in [0.15, 0.2) is 0 Å². The molecule has 15 heavy (non-hydrogen) atoms. The number of hydrogen-bond donors (Lipinski definition) is 1. The van der Waals surface area contributed by atoms with Gasteiger partial charge in [-0.25, -0.2) is 0 Å². The van der Waals surface area contributed by atoms with Crippen molar-refractivity contribution in [1.29, 1.82) is 0 Å². The Hall–Kier alpha value is -0.220. The van der Waals surface area contributed by atoms with Gasteiger partial charge in [-0.05, 0) is 18.6 Å². The number of thioether (sulfide) groups is 1. The zero-order valence-electron chi connectivity index (χ0n) is 9.77. The SMILES string of the molecule is CSC(C)CC(=O)N1CCC(C)C(O)C1. The van der Waals surface area contributed by atoms with Crippen LogP contribution < -0.4 is 0 Å². The predicted molar refractivity (Wildman–Crippen MR) is 64.0 cm³/mol. The van der Waals surface area contributed by atoms with Crippen molar-refractivity contribution in [3.63, 3.8) is 0 Å². The molecule has 0 aliphatic carbocycles. The maximum atomic E-state index is 11.8. The van der Waals surface area contributed by atoms with E-state index < -0.39 is 0 Å². The largest absolute Gasteiger partial charge is 0.391 e. The van der Waals surface area contributed by atoms with Crippen molar-refractivity contribution < 1.29 is 9.90 Å². The summed E-state index contributed by atoms with van der Waals surface area (Å²) >= 11 is 1.71. The number of carbonyl (C=O) groups excluding carboxylic acids is 1. The van der Waals surface area contributed by atoms with Crippen LogP contribution in [0.1, 0.15) is 26.7 Å². The lowest BCUT2D eigenvalue weighted by Gasteiger charge is -2.34. The standard InChI is InChI=1S/C11H21NO2S/c1-8-4-5-12(7-10(8)13)11(14)6-9(2)15-3/h8-10,13H,4-7H2,1-3H3. The van der Waals surface area contributed by atoms with E-state index in [0.717, 1.165) is 13.0 Å². The van der Waals surface area contributed by atoms with Crippen LogP contribution in [0.3, 0.4) is 0 Å². The summed E-state index contributed by atoms with van der Waals surface area (Å²) in [5.41, 5.74) is 0. The first kappa shape index (κ1) is 12.8. The number of rotatable bonds is 3. The van der Waals surface area contributed by atoms with Crippen molar-refractivity contribution >= 4 is 17.7 Å². The molecule has 1 rings (SSSR count). The molecule has 0 aromatic carbocycles. The molecule has 0 spiro atoms. The highest BCUT2D eigenvalue weighted by Gasteiger charge is 2.27. The molecule has 3 atom stereocenters. The molecule has 0 bridgehead atoms. The van der Waals surface area contributed by atoms with Gasteiger partial charge in [0.2, 0.25) is 5.91 Å². The molecule has 1 amide bonds. The Morgan fingerprint density at radius 3 is 2.87 bits per heavy atom. The van der Waals surface area contributed by atoms with Gasteiger partial charge in [-0.15, -0.1) is 0 Å². The van der Waals surface area contributed by atoms with Crippen molar-refractivity contribution in [3.05, 3.63) is 0 Å². The number of hydrogen-bond acceptors (Lipinski definition) is 3. The molecule has 0 radical (unpaired) electrons. The summed E-state index contributed by atoms with van der Waals surface area (Å²) in [6, 6.07) is 0. The normalized spacial score (nSPS) is 28.9. The molecule has 0 aromatic heterocycles. The molecule has 1 aliphatic rings. The monoisotopic (exact) mass is 231 g/mol. The molecule has 88 valence electrons. The zero-order valence-corrected chi connectivity index (χ0v) is 10.6. The quantitative estimate of drug-likeness (QED) is 0.797. The highest BCUT2D eigenvalue weighted by molar-refractivity contribution is 7.99. The minimum Gasteiger partial charge on any atom is -0.391 e. The lowest BCUT2D eigenvalue weighted by molar-refractivity contribution is -0.135. The first-order valence-electron chi connectivity index (χ1n) is 5.53. The Morgan fingerprint density at radius 2 is 2.33 bits per heavy atom. The second-order valence-electron chi connectivity index (χ2n) is 4.42. The fourth-order valence-electron chi connectivity index (χ4n) is 1.73. The number of nitrogens with zero attached hydrogens (tertiary/aromatic N) is 1. The molecular formula is C11H21NO2S. The van der Waals surface area contributed by atoms with E-state index in [2.05, 4.69) is 6.92 Å². The average Bonchev–Trinajstić information content (AvgIpc) is 2.21. The minimum atomic E-state index is -0.340. The summed E-state index contributed by atoms with van der Waals surface area (Å²) in [7, 11) is 0. The maximum Gasteiger partial charge on any atom is 0.223 e. The van der Waals surface area contributed by atoms with Gasteiger partial charge < -0.3 is 10.0 Å². The van der Waals surface area contributed by atoms with Crippen molar-refractivity contribution in [2.75, 3.05) is 19.3 Å². The average molecular weight is 231 g/mol. The van der Waals surface area contributed by atoms with Gasteiger partial charge in [0.05, 0.1) is 6.10 Å². The van der Waals surface area contributed by atoms with Gasteiger partial charge in [-0.3, -0.25) is 4.79 Å². The van der Waals surface area contributed by atoms with Crippen LogP contribution in [0.2, 0.25) is 0 Å². The molecule has 3 unspecified atom stereocenters. The second kappa shape index (κ2) is 5.75. The van der Waals surface area contributed by atoms with Gasteiger partial charge in [0.15, 0.2) is 0 Å². The van der Waals surface area contributed by atoms with Gasteiger partial charge in [0.25, 0.3) is 0 Å². The number of aliphatic hydroxyl groups is 1. The maximum absolute atomic E-state index is 11.8. The third kappa shape index (κ3) is 3.68. The topological polar surface area (TPSA) is 40.5 Å². The Bertz CT molecular complexity index is 223. The lowest BCUT2D eigenvalue weighted by atomic mass is 9.96. The van der Waals surface area contributed by atoms with Crippen LogP contribution >= 0.6 is 11.8 Å². The van der Waals surface area contributed by atoms with E-state index in [9.17, 15) is 9.90 Å². The molecule has 1 aliphatic heterocycles. The minimum absolute atomic E-state index is 0.183. The van der Waals surface area contributed by atoms with Crippen LogP contribution in [0.25, 0.3) is 0 Å². The van der Waals surface area contributed by atoms with E-state index in [0.29, 0.717) is 24.1 Å². The molecule has 1 heterocycles. The van der Waals surface area contributed by atoms with Gasteiger partial charge >= 0.3 is 0 Å². The van der Waals surface area contributed by atoms with Crippen LogP contribution in [0, 0.1) is 5.92 Å². The van der Waals surface area contributed by atoms with Crippen molar-refractivity contribution in [1.82, 2.24) is 4.90 Å². The molecule has 3 nitrogen and oxygen atoms in total.